The molecule has 0 radical (unpaired) electrons. The van der Waals surface area contributed by atoms with Gasteiger partial charge in [0.05, 0.1) is 11.4 Å². The number of nitrogens with zero attached hydrogens (tertiary/aromatic N) is 1. The van der Waals surface area contributed by atoms with E-state index >= 15 is 0 Å². The Labute approximate surface area is 106 Å². The zero-order chi connectivity index (χ0) is 12.8. The van der Waals surface area contributed by atoms with Gasteiger partial charge in [0.15, 0.2) is 0 Å². The van der Waals surface area contributed by atoms with Crippen molar-refractivity contribution in [2.75, 3.05) is 27.2 Å². The van der Waals surface area contributed by atoms with Crippen LogP contribution in [-0.2, 0) is 11.2 Å². The van der Waals surface area contributed by atoms with Gasteiger partial charge < -0.3 is 15.3 Å². The van der Waals surface area contributed by atoms with Crippen LogP contribution in [0.3, 0.4) is 0 Å². The van der Waals surface area contributed by atoms with Gasteiger partial charge in [0.25, 0.3) is 0 Å². The zero-order valence-corrected chi connectivity index (χ0v) is 10.8. The van der Waals surface area contributed by atoms with Crippen molar-refractivity contribution in [3.63, 3.8) is 0 Å². The first-order valence-electron chi connectivity index (χ1n) is 5.40. The van der Waals surface area contributed by atoms with E-state index in [9.17, 15) is 9.90 Å². The van der Waals surface area contributed by atoms with Crippen LogP contribution in [0.25, 0.3) is 0 Å². The molecule has 0 aliphatic rings. The van der Waals surface area contributed by atoms with E-state index in [1.54, 1.807) is 24.1 Å². The lowest BCUT2D eigenvalue weighted by Crippen LogP contribution is -2.33. The highest BCUT2D eigenvalue weighted by Gasteiger charge is 2.10. The van der Waals surface area contributed by atoms with Crippen molar-refractivity contribution in [1.29, 1.82) is 0 Å². The normalized spacial score (nSPS) is 10.3. The number of hydrogen-bond acceptors (Lipinski definition) is 3. The summed E-state index contributed by atoms with van der Waals surface area (Å²) in [6.07, 6.45) is 0.292. The van der Waals surface area contributed by atoms with E-state index in [2.05, 4.69) is 5.32 Å². The van der Waals surface area contributed by atoms with Crippen LogP contribution in [-0.4, -0.2) is 43.1 Å². The van der Waals surface area contributed by atoms with Gasteiger partial charge in [-0.2, -0.15) is 0 Å². The van der Waals surface area contributed by atoms with Gasteiger partial charge in [-0.15, -0.1) is 0 Å². The number of amides is 1. The molecule has 1 aromatic rings. The Morgan fingerprint density at radius 2 is 2.24 bits per heavy atom. The topological polar surface area (TPSA) is 52.6 Å². The molecule has 0 saturated carbocycles. The molecule has 94 valence electrons. The number of likely N-dealkylation sites (N-methyl/N-ethyl adjacent to an activating group) is 2. The number of benzene rings is 1. The van der Waals surface area contributed by atoms with Crippen LogP contribution in [0, 0.1) is 0 Å². The number of aromatic hydroxyl groups is 1. The fourth-order valence-corrected chi connectivity index (χ4v) is 1.58. The molecule has 0 heterocycles. The highest BCUT2D eigenvalue weighted by Crippen LogP contribution is 2.23. The van der Waals surface area contributed by atoms with E-state index in [1.807, 2.05) is 7.05 Å². The maximum Gasteiger partial charge on any atom is 0.226 e. The molecule has 1 aromatic carbocycles. The molecule has 5 heteroatoms. The quantitative estimate of drug-likeness (QED) is 0.834. The predicted octanol–water partition coefficient (Wildman–Crippen LogP) is 1.27. The highest BCUT2D eigenvalue weighted by molar-refractivity contribution is 6.32. The van der Waals surface area contributed by atoms with Crippen molar-refractivity contribution in [2.24, 2.45) is 0 Å². The standard InChI is InChI=1S/C12H17ClN2O2/c1-14-5-6-15(2)12(17)8-9-3-4-11(16)10(13)7-9/h3-4,7,14,16H,5-6,8H2,1-2H3. The summed E-state index contributed by atoms with van der Waals surface area (Å²) in [6.45, 7) is 1.43. The van der Waals surface area contributed by atoms with Gasteiger partial charge in [0, 0.05) is 20.1 Å². The Hall–Kier alpha value is -1.26. The SMILES string of the molecule is CNCCN(C)C(=O)Cc1ccc(O)c(Cl)c1. The molecule has 0 unspecified atom stereocenters. The lowest BCUT2D eigenvalue weighted by Gasteiger charge is -2.16. The zero-order valence-electron chi connectivity index (χ0n) is 10.0. The molecule has 0 fully saturated rings. The number of rotatable bonds is 5. The summed E-state index contributed by atoms with van der Waals surface area (Å²) in [5, 5.41) is 12.5. The van der Waals surface area contributed by atoms with Crippen LogP contribution in [0.15, 0.2) is 18.2 Å². The lowest BCUT2D eigenvalue weighted by atomic mass is 10.1. The van der Waals surface area contributed by atoms with Crippen LogP contribution >= 0.6 is 11.6 Å². The second-order valence-corrected chi connectivity index (χ2v) is 4.29. The monoisotopic (exact) mass is 256 g/mol. The maximum atomic E-state index is 11.8. The molecule has 0 aliphatic heterocycles. The summed E-state index contributed by atoms with van der Waals surface area (Å²) in [6, 6.07) is 4.81. The van der Waals surface area contributed by atoms with E-state index in [0.29, 0.717) is 13.0 Å². The fraction of sp³-hybridized carbons (Fsp3) is 0.417. The smallest absolute Gasteiger partial charge is 0.226 e. The highest BCUT2D eigenvalue weighted by atomic mass is 35.5. The minimum Gasteiger partial charge on any atom is -0.506 e. The van der Waals surface area contributed by atoms with Crippen molar-refractivity contribution in [3.8, 4) is 5.75 Å². The third-order valence-electron chi connectivity index (χ3n) is 2.49. The third-order valence-corrected chi connectivity index (χ3v) is 2.79. The van der Waals surface area contributed by atoms with Crippen molar-refractivity contribution >= 4 is 17.5 Å². The molecule has 0 saturated heterocycles. The summed E-state index contributed by atoms with van der Waals surface area (Å²) in [4.78, 5) is 13.5. The predicted molar refractivity (Wildman–Crippen MR) is 68.4 cm³/mol. The molecular formula is C12H17ClN2O2. The van der Waals surface area contributed by atoms with Crippen molar-refractivity contribution < 1.29 is 9.90 Å². The molecule has 0 bridgehead atoms. The van der Waals surface area contributed by atoms with E-state index in [-0.39, 0.29) is 16.7 Å². The summed E-state index contributed by atoms with van der Waals surface area (Å²) in [5.41, 5.74) is 0.800. The maximum absolute atomic E-state index is 11.8. The number of carbonyl (C=O) groups excluding carboxylic acids is 1. The lowest BCUT2D eigenvalue weighted by molar-refractivity contribution is -0.129. The second kappa shape index (κ2) is 6.47. The second-order valence-electron chi connectivity index (χ2n) is 3.88. The van der Waals surface area contributed by atoms with Crippen LogP contribution < -0.4 is 5.32 Å². The number of hydrogen-bond donors (Lipinski definition) is 2. The van der Waals surface area contributed by atoms with Crippen molar-refractivity contribution in [1.82, 2.24) is 10.2 Å². The summed E-state index contributed by atoms with van der Waals surface area (Å²) in [7, 11) is 3.61. The number of phenolic OH excluding ortho intramolecular Hbond substituents is 1. The Balaban J connectivity index is 2.58. The van der Waals surface area contributed by atoms with Gasteiger partial charge in [0.2, 0.25) is 5.91 Å². The fourth-order valence-electron chi connectivity index (χ4n) is 1.37. The summed E-state index contributed by atoms with van der Waals surface area (Å²) in [5.74, 6) is 0.0633. The van der Waals surface area contributed by atoms with Gasteiger partial charge in [-0.1, -0.05) is 17.7 Å². The minimum atomic E-state index is 0.0296. The average molecular weight is 257 g/mol. The first-order chi connectivity index (χ1) is 8.04. The van der Waals surface area contributed by atoms with E-state index in [0.717, 1.165) is 12.1 Å². The Kier molecular flexibility index (Phi) is 5.25. The summed E-state index contributed by atoms with van der Waals surface area (Å²) >= 11 is 5.78. The molecule has 0 aromatic heterocycles. The van der Waals surface area contributed by atoms with Crippen molar-refractivity contribution in [3.05, 3.63) is 28.8 Å². The largest absolute Gasteiger partial charge is 0.506 e. The van der Waals surface area contributed by atoms with Crippen LogP contribution in [0.1, 0.15) is 5.56 Å². The Morgan fingerprint density at radius 1 is 1.53 bits per heavy atom. The molecule has 17 heavy (non-hydrogen) atoms. The molecule has 2 N–H and O–H groups in total. The van der Waals surface area contributed by atoms with E-state index in [4.69, 9.17) is 11.6 Å². The van der Waals surface area contributed by atoms with Gasteiger partial charge in [-0.25, -0.2) is 0 Å². The van der Waals surface area contributed by atoms with E-state index in [1.165, 1.54) is 6.07 Å². The van der Waals surface area contributed by atoms with Gasteiger partial charge in [-0.05, 0) is 24.7 Å². The average Bonchev–Trinajstić information content (AvgIpc) is 2.30. The third kappa shape index (κ3) is 4.24. The van der Waals surface area contributed by atoms with Gasteiger partial charge in [-0.3, -0.25) is 4.79 Å². The molecule has 0 aliphatic carbocycles. The number of carbonyl (C=O) groups is 1. The van der Waals surface area contributed by atoms with Crippen LogP contribution in [0.2, 0.25) is 5.02 Å². The van der Waals surface area contributed by atoms with Crippen molar-refractivity contribution in [2.45, 2.75) is 6.42 Å². The van der Waals surface area contributed by atoms with Crippen LogP contribution in [0.5, 0.6) is 5.75 Å². The Bertz CT molecular complexity index is 396. The van der Waals surface area contributed by atoms with Crippen LogP contribution in [0.4, 0.5) is 0 Å². The number of halogens is 1. The number of phenols is 1. The molecule has 1 amide bonds. The summed E-state index contributed by atoms with van der Waals surface area (Å²) < 4.78 is 0. The van der Waals surface area contributed by atoms with E-state index < -0.39 is 0 Å². The first-order valence-corrected chi connectivity index (χ1v) is 5.78. The number of nitrogens with one attached hydrogen (secondary N) is 1. The molecule has 0 spiro atoms. The Morgan fingerprint density at radius 3 is 2.82 bits per heavy atom. The van der Waals surface area contributed by atoms with Gasteiger partial charge in [0.1, 0.15) is 5.75 Å². The minimum absolute atomic E-state index is 0.0296. The molecular weight excluding hydrogens is 240 g/mol. The van der Waals surface area contributed by atoms with Gasteiger partial charge >= 0.3 is 0 Å². The molecule has 1 rings (SSSR count). The molecule has 4 nitrogen and oxygen atoms in total. The molecule has 0 atom stereocenters. The first kappa shape index (κ1) is 13.8.